The Hall–Kier alpha value is -1.14. The molecule has 0 saturated carbocycles. The molecule has 2 atom stereocenters. The number of carboxylic acids is 1. The normalized spacial score (nSPS) is 14.6. The number of carbonyl (C=O) groups excluding carboxylic acids is 1. The number of nitrogens with one attached hydrogen (secondary N) is 1. The van der Waals surface area contributed by atoms with E-state index in [4.69, 9.17) is 9.84 Å². The number of aliphatic carboxylic acids is 1. The summed E-state index contributed by atoms with van der Waals surface area (Å²) in [6.45, 7) is 3.99. The molecule has 2 N–H and O–H groups in total. The van der Waals surface area contributed by atoms with Crippen molar-refractivity contribution in [2.75, 3.05) is 27.3 Å². The maximum Gasteiger partial charge on any atom is 0.327 e. The molecule has 0 aliphatic rings. The van der Waals surface area contributed by atoms with Crippen molar-refractivity contribution in [3.63, 3.8) is 0 Å². The van der Waals surface area contributed by atoms with Crippen molar-refractivity contribution >= 4 is 11.9 Å². The van der Waals surface area contributed by atoms with Crippen LogP contribution in [0.3, 0.4) is 0 Å². The number of hydrogen-bond donors (Lipinski definition) is 2. The summed E-state index contributed by atoms with van der Waals surface area (Å²) in [5.41, 5.74) is 0. The van der Waals surface area contributed by atoms with Crippen LogP contribution in [0.25, 0.3) is 0 Å². The topological polar surface area (TPSA) is 78.9 Å². The summed E-state index contributed by atoms with van der Waals surface area (Å²) in [6.07, 6.45) is 0. The molecule has 0 aromatic heterocycles. The Morgan fingerprint density at radius 3 is 2.44 bits per heavy atom. The van der Waals surface area contributed by atoms with Gasteiger partial charge in [0, 0.05) is 26.6 Å². The van der Waals surface area contributed by atoms with E-state index in [-0.39, 0.29) is 18.5 Å². The number of likely N-dealkylation sites (N-methyl/N-ethyl adjacent to an activating group) is 1. The molecule has 0 heterocycles. The standard InChI is InChI=1S/C10H20N2O4/c1-7(6-16-4)12(3)5-9(10(14)15)11-8(2)13/h7,9H,5-6H2,1-4H3,(H,11,13)(H,14,15). The Bertz CT molecular complexity index is 245. The molecule has 0 radical (unpaired) electrons. The highest BCUT2D eigenvalue weighted by molar-refractivity contribution is 5.82. The zero-order valence-electron chi connectivity index (χ0n) is 10.2. The van der Waals surface area contributed by atoms with Crippen LogP contribution in [0.5, 0.6) is 0 Å². The minimum atomic E-state index is -1.04. The van der Waals surface area contributed by atoms with E-state index in [1.807, 2.05) is 11.8 Å². The molecule has 6 heteroatoms. The van der Waals surface area contributed by atoms with Gasteiger partial charge < -0.3 is 15.2 Å². The lowest BCUT2D eigenvalue weighted by Gasteiger charge is -2.27. The number of nitrogens with zero attached hydrogens (tertiary/aromatic N) is 1. The molecule has 1 amide bonds. The number of carbonyl (C=O) groups is 2. The van der Waals surface area contributed by atoms with Crippen molar-refractivity contribution in [3.8, 4) is 0 Å². The first-order valence-electron chi connectivity index (χ1n) is 5.07. The summed E-state index contributed by atoms with van der Waals surface area (Å²) in [5, 5.41) is 11.3. The van der Waals surface area contributed by atoms with Crippen LogP contribution in [0.15, 0.2) is 0 Å². The number of ether oxygens (including phenoxy) is 1. The third-order valence-corrected chi connectivity index (χ3v) is 2.31. The van der Waals surface area contributed by atoms with Gasteiger partial charge in [-0.15, -0.1) is 0 Å². The lowest BCUT2D eigenvalue weighted by Crippen LogP contribution is -2.49. The van der Waals surface area contributed by atoms with Crippen molar-refractivity contribution in [2.24, 2.45) is 0 Å². The molecule has 0 fully saturated rings. The average Bonchev–Trinajstić information content (AvgIpc) is 2.16. The Labute approximate surface area is 95.6 Å². The Morgan fingerprint density at radius 1 is 1.50 bits per heavy atom. The molecule has 0 rings (SSSR count). The van der Waals surface area contributed by atoms with Gasteiger partial charge in [-0.3, -0.25) is 9.69 Å². The molecule has 2 unspecified atom stereocenters. The van der Waals surface area contributed by atoms with Crippen LogP contribution in [-0.4, -0.2) is 61.3 Å². The van der Waals surface area contributed by atoms with Gasteiger partial charge in [-0.05, 0) is 14.0 Å². The van der Waals surface area contributed by atoms with E-state index in [2.05, 4.69) is 5.32 Å². The van der Waals surface area contributed by atoms with Gasteiger partial charge >= 0.3 is 5.97 Å². The van der Waals surface area contributed by atoms with E-state index in [9.17, 15) is 9.59 Å². The van der Waals surface area contributed by atoms with Gasteiger partial charge in [0.15, 0.2) is 0 Å². The van der Waals surface area contributed by atoms with Crippen molar-refractivity contribution in [1.29, 1.82) is 0 Å². The molecule has 94 valence electrons. The van der Waals surface area contributed by atoms with Gasteiger partial charge in [-0.25, -0.2) is 4.79 Å². The van der Waals surface area contributed by atoms with E-state index in [1.165, 1.54) is 6.92 Å². The number of carboxylic acid groups (broad SMARTS) is 1. The SMILES string of the molecule is COCC(C)N(C)CC(NC(C)=O)C(=O)O. The van der Waals surface area contributed by atoms with E-state index in [0.717, 1.165) is 0 Å². The Balaban J connectivity index is 4.27. The molecule has 0 aliphatic carbocycles. The summed E-state index contributed by atoms with van der Waals surface area (Å²) in [6, 6.07) is -0.789. The smallest absolute Gasteiger partial charge is 0.327 e. The maximum absolute atomic E-state index is 10.9. The third-order valence-electron chi connectivity index (χ3n) is 2.31. The largest absolute Gasteiger partial charge is 0.480 e. The molecule has 16 heavy (non-hydrogen) atoms. The summed E-state index contributed by atoms with van der Waals surface area (Å²) in [4.78, 5) is 23.5. The van der Waals surface area contributed by atoms with Crippen molar-refractivity contribution in [3.05, 3.63) is 0 Å². The van der Waals surface area contributed by atoms with Gasteiger partial charge in [-0.2, -0.15) is 0 Å². The zero-order valence-corrected chi connectivity index (χ0v) is 10.2. The average molecular weight is 232 g/mol. The third kappa shape index (κ3) is 5.67. The quantitative estimate of drug-likeness (QED) is 0.621. The molecule has 0 aliphatic heterocycles. The van der Waals surface area contributed by atoms with Gasteiger partial charge in [0.05, 0.1) is 6.61 Å². The molecule has 0 aromatic carbocycles. The van der Waals surface area contributed by atoms with Gasteiger partial charge in [0.2, 0.25) is 5.91 Å². The van der Waals surface area contributed by atoms with Crippen LogP contribution < -0.4 is 5.32 Å². The number of amides is 1. The second-order valence-electron chi connectivity index (χ2n) is 3.84. The molecule has 0 spiro atoms. The summed E-state index contributed by atoms with van der Waals surface area (Å²) in [7, 11) is 3.38. The van der Waals surface area contributed by atoms with Crippen LogP contribution in [0, 0.1) is 0 Å². The summed E-state index contributed by atoms with van der Waals surface area (Å²) >= 11 is 0. The highest BCUT2D eigenvalue weighted by atomic mass is 16.5. The van der Waals surface area contributed by atoms with Crippen LogP contribution in [0.1, 0.15) is 13.8 Å². The van der Waals surface area contributed by atoms with Crippen molar-refractivity contribution < 1.29 is 19.4 Å². The van der Waals surface area contributed by atoms with Gasteiger partial charge in [0.1, 0.15) is 6.04 Å². The second kappa shape index (κ2) is 7.19. The predicted molar refractivity (Wildman–Crippen MR) is 59.2 cm³/mol. The molecule has 6 nitrogen and oxygen atoms in total. The lowest BCUT2D eigenvalue weighted by molar-refractivity contribution is -0.142. The number of rotatable bonds is 7. The fourth-order valence-electron chi connectivity index (χ4n) is 1.27. The maximum atomic E-state index is 10.9. The lowest BCUT2D eigenvalue weighted by atomic mass is 10.2. The monoisotopic (exact) mass is 232 g/mol. The van der Waals surface area contributed by atoms with E-state index in [1.54, 1.807) is 14.2 Å². The minimum Gasteiger partial charge on any atom is -0.480 e. The van der Waals surface area contributed by atoms with Crippen LogP contribution >= 0.6 is 0 Å². The van der Waals surface area contributed by atoms with Crippen molar-refractivity contribution in [2.45, 2.75) is 25.9 Å². The molecular weight excluding hydrogens is 212 g/mol. The first-order chi connectivity index (χ1) is 7.38. The summed E-state index contributed by atoms with van der Waals surface area (Å²) in [5.74, 6) is -1.38. The first-order valence-corrected chi connectivity index (χ1v) is 5.07. The fraction of sp³-hybridized carbons (Fsp3) is 0.800. The number of methoxy groups -OCH3 is 1. The van der Waals surface area contributed by atoms with Crippen LogP contribution in [0.4, 0.5) is 0 Å². The molecule has 0 aromatic rings. The molecular formula is C10H20N2O4. The van der Waals surface area contributed by atoms with Gasteiger partial charge in [0.25, 0.3) is 0 Å². The Morgan fingerprint density at radius 2 is 2.06 bits per heavy atom. The zero-order chi connectivity index (χ0) is 12.7. The highest BCUT2D eigenvalue weighted by Crippen LogP contribution is 1.98. The summed E-state index contributed by atoms with van der Waals surface area (Å²) < 4.78 is 4.97. The Kier molecular flexibility index (Phi) is 6.67. The fourth-order valence-corrected chi connectivity index (χ4v) is 1.27. The molecule has 0 saturated heterocycles. The van der Waals surface area contributed by atoms with Crippen LogP contribution in [-0.2, 0) is 14.3 Å². The van der Waals surface area contributed by atoms with E-state index >= 15 is 0 Å². The van der Waals surface area contributed by atoms with Crippen LogP contribution in [0.2, 0.25) is 0 Å². The van der Waals surface area contributed by atoms with Gasteiger partial charge in [-0.1, -0.05) is 0 Å². The number of hydrogen-bond acceptors (Lipinski definition) is 4. The second-order valence-corrected chi connectivity index (χ2v) is 3.84. The highest BCUT2D eigenvalue weighted by Gasteiger charge is 2.22. The van der Waals surface area contributed by atoms with E-state index in [0.29, 0.717) is 6.61 Å². The minimum absolute atomic E-state index is 0.0978. The van der Waals surface area contributed by atoms with E-state index < -0.39 is 12.0 Å². The van der Waals surface area contributed by atoms with Crippen molar-refractivity contribution in [1.82, 2.24) is 10.2 Å². The molecule has 0 bridgehead atoms. The first kappa shape index (κ1) is 14.9. The predicted octanol–water partition coefficient (Wildman–Crippen LogP) is -0.458.